The van der Waals surface area contributed by atoms with Crippen LogP contribution in [0.1, 0.15) is 0 Å². The summed E-state index contributed by atoms with van der Waals surface area (Å²) in [6, 6.07) is 18.7. The lowest BCUT2D eigenvalue weighted by Crippen LogP contribution is -3.00. The summed E-state index contributed by atoms with van der Waals surface area (Å²) < 4.78 is 1.87. The number of benzene rings is 2. The lowest BCUT2D eigenvalue weighted by Gasteiger charge is -2.02. The molecule has 2 heterocycles. The Balaban J connectivity index is 0.00000121. The van der Waals surface area contributed by atoms with Crippen molar-refractivity contribution in [3.05, 3.63) is 54.6 Å². The van der Waals surface area contributed by atoms with Crippen molar-refractivity contribution in [3.63, 3.8) is 0 Å². The Hall–Kier alpha value is -2.26. The van der Waals surface area contributed by atoms with Gasteiger partial charge in [-0.3, -0.25) is 0 Å². The van der Waals surface area contributed by atoms with Gasteiger partial charge in [0.2, 0.25) is 11.0 Å². The fourth-order valence-electron chi connectivity index (χ4n) is 2.71. The van der Waals surface area contributed by atoms with Gasteiger partial charge in [-0.05, 0) is 24.3 Å². The Kier molecular flexibility index (Phi) is 2.99. The van der Waals surface area contributed by atoms with Gasteiger partial charge in [0.15, 0.2) is 5.52 Å². The standard InChI is InChI=1S/C16H12N2O.ClH/c1-19-18-14-9-5-3-7-12(14)16-15(18)10-11-6-2-4-8-13(11)17-16;/h2-10H,1H3;1H. The number of aromatic amines is 1. The molecule has 3 nitrogen and oxygen atoms in total. The summed E-state index contributed by atoms with van der Waals surface area (Å²) in [6.45, 7) is 0. The van der Waals surface area contributed by atoms with Crippen LogP contribution in [0.2, 0.25) is 0 Å². The average Bonchev–Trinajstić information content (AvgIpc) is 2.78. The predicted octanol–water partition coefficient (Wildman–Crippen LogP) is -0.176. The lowest BCUT2D eigenvalue weighted by molar-refractivity contribution is -0.309. The second-order valence-electron chi connectivity index (χ2n) is 4.61. The smallest absolute Gasteiger partial charge is 0.241 e. The molecule has 0 aliphatic rings. The third-order valence-corrected chi connectivity index (χ3v) is 3.56. The first-order valence-electron chi connectivity index (χ1n) is 6.27. The van der Waals surface area contributed by atoms with Crippen LogP contribution in [0.15, 0.2) is 54.6 Å². The Labute approximate surface area is 122 Å². The van der Waals surface area contributed by atoms with Gasteiger partial charge in [0.25, 0.3) is 0 Å². The number of H-pyrrole nitrogens is 1. The molecule has 0 saturated carbocycles. The van der Waals surface area contributed by atoms with Crippen LogP contribution in [0.5, 0.6) is 0 Å². The molecule has 0 bridgehead atoms. The highest BCUT2D eigenvalue weighted by atomic mass is 35.5. The Morgan fingerprint density at radius 1 is 0.950 bits per heavy atom. The van der Waals surface area contributed by atoms with E-state index in [-0.39, 0.29) is 12.4 Å². The predicted molar refractivity (Wildman–Crippen MR) is 76.0 cm³/mol. The summed E-state index contributed by atoms with van der Waals surface area (Å²) in [5, 5.41) is 2.35. The van der Waals surface area contributed by atoms with Crippen LogP contribution in [0.4, 0.5) is 0 Å². The number of hydrogen-bond donors (Lipinski definition) is 0. The number of hydrogen-bond acceptors (Lipinski definition) is 1. The van der Waals surface area contributed by atoms with E-state index in [1.54, 1.807) is 7.11 Å². The van der Waals surface area contributed by atoms with Crippen LogP contribution >= 0.6 is 0 Å². The van der Waals surface area contributed by atoms with E-state index in [2.05, 4.69) is 35.3 Å². The molecule has 1 N–H and O–H groups in total. The molecule has 0 spiro atoms. The molecule has 4 heteroatoms. The van der Waals surface area contributed by atoms with Gasteiger partial charge in [0, 0.05) is 11.5 Å². The van der Waals surface area contributed by atoms with E-state index in [0.29, 0.717) is 0 Å². The molecule has 0 atom stereocenters. The molecule has 0 unspecified atom stereocenters. The maximum absolute atomic E-state index is 5.53. The molecule has 4 rings (SSSR count). The van der Waals surface area contributed by atoms with Gasteiger partial charge >= 0.3 is 0 Å². The van der Waals surface area contributed by atoms with E-state index < -0.39 is 0 Å². The van der Waals surface area contributed by atoms with Crippen LogP contribution in [0.3, 0.4) is 0 Å². The molecule has 0 radical (unpaired) electrons. The fourth-order valence-corrected chi connectivity index (χ4v) is 2.71. The largest absolute Gasteiger partial charge is 1.00 e. The summed E-state index contributed by atoms with van der Waals surface area (Å²) in [4.78, 5) is 9.03. The van der Waals surface area contributed by atoms with E-state index in [1.165, 1.54) is 10.8 Å². The van der Waals surface area contributed by atoms with Gasteiger partial charge in [0.1, 0.15) is 7.11 Å². The van der Waals surface area contributed by atoms with E-state index in [4.69, 9.17) is 4.84 Å². The number of halogens is 1. The van der Waals surface area contributed by atoms with Crippen LogP contribution in [-0.4, -0.2) is 11.8 Å². The number of nitrogens with zero attached hydrogens (tertiary/aromatic N) is 1. The van der Waals surface area contributed by atoms with Crippen molar-refractivity contribution in [1.29, 1.82) is 0 Å². The number of para-hydroxylation sites is 2. The van der Waals surface area contributed by atoms with Crippen LogP contribution in [0, 0.1) is 0 Å². The van der Waals surface area contributed by atoms with Crippen molar-refractivity contribution < 1.29 is 22.2 Å². The maximum atomic E-state index is 5.53. The molecular formula is C16H13ClN2O. The minimum absolute atomic E-state index is 0. The van der Waals surface area contributed by atoms with E-state index in [9.17, 15) is 0 Å². The zero-order valence-electron chi connectivity index (χ0n) is 10.9. The van der Waals surface area contributed by atoms with Crippen LogP contribution in [0.25, 0.3) is 32.8 Å². The van der Waals surface area contributed by atoms with Crippen molar-refractivity contribution in [1.82, 2.24) is 4.73 Å². The first kappa shape index (κ1) is 12.8. The fraction of sp³-hybridized carbons (Fsp3) is 0.0625. The highest BCUT2D eigenvalue weighted by Gasteiger charge is 2.17. The van der Waals surface area contributed by atoms with Crippen molar-refractivity contribution in [2.45, 2.75) is 0 Å². The second kappa shape index (κ2) is 4.69. The number of aromatic nitrogens is 2. The Bertz CT molecular complexity index is 914. The summed E-state index contributed by atoms with van der Waals surface area (Å²) in [5.41, 5.74) is 4.37. The third-order valence-electron chi connectivity index (χ3n) is 3.56. The molecule has 100 valence electrons. The molecule has 0 amide bonds. The zero-order valence-corrected chi connectivity index (χ0v) is 11.7. The molecule has 2 aromatic carbocycles. The highest BCUT2D eigenvalue weighted by Crippen LogP contribution is 2.26. The summed E-state index contributed by atoms with van der Waals surface area (Å²) in [6.07, 6.45) is 0. The molecular weight excluding hydrogens is 272 g/mol. The van der Waals surface area contributed by atoms with E-state index in [0.717, 1.165) is 22.1 Å². The van der Waals surface area contributed by atoms with Gasteiger partial charge in [-0.1, -0.05) is 24.3 Å². The van der Waals surface area contributed by atoms with Crippen molar-refractivity contribution in [3.8, 4) is 0 Å². The van der Waals surface area contributed by atoms with E-state index in [1.807, 2.05) is 29.0 Å². The van der Waals surface area contributed by atoms with Crippen LogP contribution in [-0.2, 0) is 0 Å². The first-order chi connectivity index (χ1) is 9.38. The van der Waals surface area contributed by atoms with Crippen molar-refractivity contribution in [2.24, 2.45) is 0 Å². The van der Waals surface area contributed by atoms with Gasteiger partial charge in [0.05, 0.1) is 10.9 Å². The zero-order chi connectivity index (χ0) is 12.8. The van der Waals surface area contributed by atoms with Crippen molar-refractivity contribution in [2.75, 3.05) is 7.11 Å². The van der Waals surface area contributed by atoms with Crippen LogP contribution < -0.4 is 22.2 Å². The summed E-state index contributed by atoms with van der Waals surface area (Å²) in [5.74, 6) is 0. The average molecular weight is 285 g/mol. The SMILES string of the molecule is COn1c2ccccc2c2[nH+]c3ccccc3cc21.[Cl-]. The molecule has 0 aliphatic heterocycles. The van der Waals surface area contributed by atoms with Crippen molar-refractivity contribution >= 4 is 32.8 Å². The van der Waals surface area contributed by atoms with Gasteiger partial charge < -0.3 is 17.2 Å². The Morgan fingerprint density at radius 2 is 1.70 bits per heavy atom. The molecule has 0 saturated heterocycles. The molecule has 20 heavy (non-hydrogen) atoms. The third kappa shape index (κ3) is 1.63. The Morgan fingerprint density at radius 3 is 2.55 bits per heavy atom. The minimum atomic E-state index is 0. The highest BCUT2D eigenvalue weighted by molar-refractivity contribution is 6.05. The monoisotopic (exact) mass is 284 g/mol. The molecule has 4 aromatic rings. The lowest BCUT2D eigenvalue weighted by atomic mass is 10.2. The number of nitrogens with one attached hydrogen (secondary N) is 1. The number of fused-ring (bicyclic) bond motifs is 4. The number of rotatable bonds is 1. The summed E-state index contributed by atoms with van der Waals surface area (Å²) >= 11 is 0. The number of pyridine rings is 1. The van der Waals surface area contributed by atoms with Gasteiger partial charge in [-0.25, -0.2) is 4.98 Å². The molecule has 0 aliphatic carbocycles. The molecule has 0 fully saturated rings. The minimum Gasteiger partial charge on any atom is -1.00 e. The quantitative estimate of drug-likeness (QED) is 0.477. The first-order valence-corrected chi connectivity index (χ1v) is 6.27. The second-order valence-corrected chi connectivity index (χ2v) is 4.61. The molecule has 2 aromatic heterocycles. The normalized spacial score (nSPS) is 10.8. The van der Waals surface area contributed by atoms with E-state index >= 15 is 0 Å². The summed E-state index contributed by atoms with van der Waals surface area (Å²) in [7, 11) is 1.70. The topological polar surface area (TPSA) is 28.3 Å². The maximum Gasteiger partial charge on any atom is 0.241 e. The van der Waals surface area contributed by atoms with Gasteiger partial charge in [-0.2, -0.15) is 4.73 Å². The van der Waals surface area contributed by atoms with Gasteiger partial charge in [-0.15, -0.1) is 0 Å².